The maximum absolute atomic E-state index is 14.4. The van der Waals surface area contributed by atoms with Crippen LogP contribution in [0.1, 0.15) is 36.2 Å². The molecule has 0 aliphatic carbocycles. The second kappa shape index (κ2) is 9.67. The van der Waals surface area contributed by atoms with Gasteiger partial charge in [-0.15, -0.1) is 11.6 Å². The van der Waals surface area contributed by atoms with Crippen LogP contribution < -0.4 is 4.74 Å². The molecule has 6 nitrogen and oxygen atoms in total. The number of para-hydroxylation sites is 1. The topological polar surface area (TPSA) is 60.2 Å². The Morgan fingerprint density at radius 3 is 2.72 bits per heavy atom. The largest absolute Gasteiger partial charge is 0.487 e. The van der Waals surface area contributed by atoms with E-state index in [1.165, 1.54) is 23.0 Å². The number of likely N-dealkylation sites (tertiary alicyclic amines) is 1. The van der Waals surface area contributed by atoms with E-state index in [2.05, 4.69) is 10.1 Å². The molecule has 1 fully saturated rings. The van der Waals surface area contributed by atoms with Crippen LogP contribution in [0.5, 0.6) is 5.75 Å². The normalized spacial score (nSPS) is 16.7. The molecular weight excluding hydrogens is 509 g/mol. The molecule has 5 rings (SSSR count). The Morgan fingerprint density at radius 2 is 2.03 bits per heavy atom. The summed E-state index contributed by atoms with van der Waals surface area (Å²) in [5.74, 6) is -0.664. The molecular formula is C26H22Cl2F2N4O2. The van der Waals surface area contributed by atoms with Crippen molar-refractivity contribution in [2.24, 2.45) is 0 Å². The van der Waals surface area contributed by atoms with Crippen molar-refractivity contribution in [2.75, 3.05) is 6.54 Å². The molecule has 4 aromatic rings. The minimum Gasteiger partial charge on any atom is -0.487 e. The number of aromatic nitrogens is 3. The molecule has 2 aromatic carbocycles. The molecule has 0 spiro atoms. The lowest BCUT2D eigenvalue weighted by Crippen LogP contribution is -2.31. The van der Waals surface area contributed by atoms with Gasteiger partial charge in [-0.3, -0.25) is 4.79 Å². The summed E-state index contributed by atoms with van der Waals surface area (Å²) in [6.45, 7) is 4.14. The van der Waals surface area contributed by atoms with Crippen LogP contribution in [0.15, 0.2) is 48.8 Å². The van der Waals surface area contributed by atoms with Gasteiger partial charge in [0.1, 0.15) is 29.1 Å². The van der Waals surface area contributed by atoms with E-state index in [0.717, 1.165) is 11.6 Å². The molecule has 1 amide bonds. The van der Waals surface area contributed by atoms with Crippen LogP contribution in [-0.2, 0) is 11.4 Å². The zero-order valence-corrected chi connectivity index (χ0v) is 21.0. The summed E-state index contributed by atoms with van der Waals surface area (Å²) in [5, 5.41) is 4.41. The highest BCUT2D eigenvalue weighted by molar-refractivity contribution is 6.32. The van der Waals surface area contributed by atoms with E-state index in [1.807, 2.05) is 26.0 Å². The monoisotopic (exact) mass is 530 g/mol. The Balaban J connectivity index is 1.51. The highest BCUT2D eigenvalue weighted by Crippen LogP contribution is 2.35. The van der Waals surface area contributed by atoms with E-state index < -0.39 is 23.1 Å². The predicted octanol–water partition coefficient (Wildman–Crippen LogP) is 6.14. The fourth-order valence-electron chi connectivity index (χ4n) is 4.58. The van der Waals surface area contributed by atoms with Gasteiger partial charge in [0, 0.05) is 23.2 Å². The molecule has 3 heterocycles. The number of benzene rings is 2. The van der Waals surface area contributed by atoms with Gasteiger partial charge in [-0.1, -0.05) is 23.7 Å². The fraction of sp³-hybridized carbons (Fsp3) is 0.269. The number of carbonyl (C=O) groups excluding carboxylic acids is 1. The fourth-order valence-corrected chi connectivity index (χ4v) is 5.07. The number of aryl methyl sites for hydroxylation is 1. The summed E-state index contributed by atoms with van der Waals surface area (Å²) >= 11 is 12.6. The number of hydrogen-bond acceptors (Lipinski definition) is 4. The van der Waals surface area contributed by atoms with Gasteiger partial charge >= 0.3 is 0 Å². The van der Waals surface area contributed by atoms with Gasteiger partial charge in [-0.05, 0) is 50.1 Å². The van der Waals surface area contributed by atoms with Crippen molar-refractivity contribution < 1.29 is 18.3 Å². The second-order valence-corrected chi connectivity index (χ2v) is 9.68. The van der Waals surface area contributed by atoms with E-state index in [-0.39, 0.29) is 17.5 Å². The van der Waals surface area contributed by atoms with Crippen LogP contribution in [0.3, 0.4) is 0 Å². The third kappa shape index (κ3) is 4.51. The molecule has 1 saturated heterocycles. The van der Waals surface area contributed by atoms with Gasteiger partial charge < -0.3 is 9.64 Å². The van der Waals surface area contributed by atoms with Crippen molar-refractivity contribution in [1.82, 2.24) is 19.7 Å². The van der Waals surface area contributed by atoms with Crippen LogP contribution in [0.25, 0.3) is 16.6 Å². The third-order valence-corrected chi connectivity index (χ3v) is 7.11. The Morgan fingerprint density at radius 1 is 1.22 bits per heavy atom. The molecule has 186 valence electrons. The van der Waals surface area contributed by atoms with E-state index in [0.29, 0.717) is 46.7 Å². The van der Waals surface area contributed by atoms with Crippen LogP contribution in [0, 0.1) is 18.6 Å². The Labute approximate surface area is 216 Å². The van der Waals surface area contributed by atoms with Crippen molar-refractivity contribution in [2.45, 2.75) is 38.3 Å². The van der Waals surface area contributed by atoms with Gasteiger partial charge in [0.15, 0.2) is 5.82 Å². The standard InChI is InChI=1S/C26H22Cl2F2N4O2/c1-14-8-23(34-12-17(30)11-31-34)18-4-3-5-24(25(18)32-14)36-13-20-19(9-16(29)10-22(20)28)15(2)33-7-6-21(27)26(33)35/h3-5,8-12,15,21H,6-7,13H2,1-2H3/t15-,21-/m0/s1. The number of amides is 1. The number of pyridine rings is 1. The van der Waals surface area contributed by atoms with Crippen molar-refractivity contribution in [3.63, 3.8) is 0 Å². The highest BCUT2D eigenvalue weighted by Gasteiger charge is 2.34. The highest BCUT2D eigenvalue weighted by atomic mass is 35.5. The van der Waals surface area contributed by atoms with Crippen LogP contribution in [0.4, 0.5) is 8.78 Å². The summed E-state index contributed by atoms with van der Waals surface area (Å²) in [5.41, 5.74) is 3.04. The minimum atomic E-state index is -0.585. The molecule has 0 saturated carbocycles. The van der Waals surface area contributed by atoms with Gasteiger partial charge in [-0.2, -0.15) is 5.10 Å². The summed E-state index contributed by atoms with van der Waals surface area (Å²) in [7, 11) is 0. The van der Waals surface area contributed by atoms with Gasteiger partial charge in [-0.25, -0.2) is 18.4 Å². The number of fused-ring (bicyclic) bond motifs is 1. The lowest BCUT2D eigenvalue weighted by Gasteiger charge is -2.27. The molecule has 0 radical (unpaired) electrons. The summed E-state index contributed by atoms with van der Waals surface area (Å²) in [6.07, 6.45) is 2.96. The number of rotatable bonds is 6. The van der Waals surface area contributed by atoms with Crippen molar-refractivity contribution in [1.29, 1.82) is 0 Å². The first-order valence-corrected chi connectivity index (χ1v) is 12.2. The Hall–Kier alpha value is -3.23. The lowest BCUT2D eigenvalue weighted by molar-refractivity contribution is -0.129. The molecule has 2 atom stereocenters. The number of carbonyl (C=O) groups is 1. The number of alkyl halides is 1. The first-order valence-electron chi connectivity index (χ1n) is 11.4. The van der Waals surface area contributed by atoms with E-state index >= 15 is 0 Å². The summed E-state index contributed by atoms with van der Waals surface area (Å²) < 4.78 is 35.6. The first kappa shape index (κ1) is 24.5. The van der Waals surface area contributed by atoms with Crippen LogP contribution >= 0.6 is 23.2 Å². The smallest absolute Gasteiger partial charge is 0.241 e. The number of hydrogen-bond donors (Lipinski definition) is 0. The number of ether oxygens (including phenoxy) is 1. The van der Waals surface area contributed by atoms with Crippen LogP contribution in [0.2, 0.25) is 5.02 Å². The quantitative estimate of drug-likeness (QED) is 0.281. The Bertz CT molecular complexity index is 1480. The van der Waals surface area contributed by atoms with Gasteiger partial charge in [0.25, 0.3) is 0 Å². The Kier molecular flexibility index (Phi) is 6.57. The zero-order valence-electron chi connectivity index (χ0n) is 19.5. The third-order valence-electron chi connectivity index (χ3n) is 6.37. The predicted molar refractivity (Wildman–Crippen MR) is 134 cm³/mol. The maximum atomic E-state index is 14.4. The molecule has 0 N–H and O–H groups in total. The maximum Gasteiger partial charge on any atom is 0.241 e. The van der Waals surface area contributed by atoms with E-state index in [1.54, 1.807) is 17.0 Å². The molecule has 36 heavy (non-hydrogen) atoms. The molecule has 10 heteroatoms. The molecule has 0 bridgehead atoms. The molecule has 1 aliphatic rings. The van der Waals surface area contributed by atoms with Gasteiger partial charge in [0.05, 0.1) is 29.1 Å². The van der Waals surface area contributed by atoms with Gasteiger partial charge in [0.2, 0.25) is 5.91 Å². The number of halogens is 4. The van der Waals surface area contributed by atoms with Crippen LogP contribution in [-0.4, -0.2) is 37.5 Å². The molecule has 1 aliphatic heterocycles. The summed E-state index contributed by atoms with van der Waals surface area (Å²) in [4.78, 5) is 18.8. The van der Waals surface area contributed by atoms with E-state index in [9.17, 15) is 13.6 Å². The van der Waals surface area contributed by atoms with E-state index in [4.69, 9.17) is 27.9 Å². The number of nitrogens with zero attached hydrogens (tertiary/aromatic N) is 4. The first-order chi connectivity index (χ1) is 17.2. The second-order valence-electron chi connectivity index (χ2n) is 8.75. The molecule has 0 unspecified atom stereocenters. The summed E-state index contributed by atoms with van der Waals surface area (Å²) in [6, 6.07) is 9.39. The van der Waals surface area contributed by atoms with Crippen molar-refractivity contribution >= 4 is 40.0 Å². The minimum absolute atomic E-state index is 0.0194. The van der Waals surface area contributed by atoms with Crippen molar-refractivity contribution in [3.05, 3.63) is 82.3 Å². The lowest BCUT2D eigenvalue weighted by atomic mass is 10.00. The average Bonchev–Trinajstić information content (AvgIpc) is 3.42. The SMILES string of the molecule is Cc1cc(-n2cc(F)cn2)c2cccc(OCc3c(Cl)cc(F)cc3[C@H](C)N3CC[C@H](Cl)C3=O)c2n1. The zero-order chi connectivity index (χ0) is 25.6. The molecule has 2 aromatic heterocycles. The van der Waals surface area contributed by atoms with Crippen molar-refractivity contribution in [3.8, 4) is 11.4 Å². The average molecular weight is 531 g/mol.